The van der Waals surface area contributed by atoms with Crippen molar-refractivity contribution in [1.82, 2.24) is 14.9 Å². The van der Waals surface area contributed by atoms with Crippen LogP contribution in [-0.4, -0.2) is 59.7 Å². The van der Waals surface area contributed by atoms with Gasteiger partial charge in [0.1, 0.15) is 10.4 Å². The number of nitrogens with two attached hydrogens (primary N) is 1. The number of carbonyl (C=O) groups excluding carboxylic acids is 1. The number of piperazine rings is 1. The molecule has 1 amide bonds. The number of thiophene rings is 1. The van der Waals surface area contributed by atoms with Crippen molar-refractivity contribution in [3.8, 4) is 0 Å². The number of nitrogens with one attached hydrogen (secondary N) is 1. The summed E-state index contributed by atoms with van der Waals surface area (Å²) >= 11 is 1.39. The van der Waals surface area contributed by atoms with Gasteiger partial charge in [-0.05, 0) is 23.6 Å². The zero-order valence-electron chi connectivity index (χ0n) is 14.4. The lowest BCUT2D eigenvalue weighted by atomic mass is 10.2. The Morgan fingerprint density at radius 1 is 1.38 bits per heavy atom. The number of primary amides is 1. The molecule has 2 aromatic rings. The first kappa shape index (κ1) is 17.9. The standard InChI is InChI=1S/C17H20N6O2S/c1-11(3-4-13(19-2)15(18)24)22-6-8-23(9-7-22)17-20-12-5-10-26-14(12)16(25)21-17/h3-5,10H,1,6-9H2,2H3,(H2,18,24)(H,20,21,25)/b4-3-,19-13?. The normalized spacial score (nSPS) is 15.8. The number of aromatic amines is 1. The van der Waals surface area contributed by atoms with Crippen molar-refractivity contribution in [3.05, 3.63) is 46.2 Å². The molecule has 1 fully saturated rings. The fourth-order valence-corrected chi connectivity index (χ4v) is 3.49. The third-order valence-corrected chi connectivity index (χ3v) is 5.12. The molecule has 9 heteroatoms. The van der Waals surface area contributed by atoms with Gasteiger partial charge in [0.25, 0.3) is 11.5 Å². The third kappa shape index (κ3) is 3.67. The second kappa shape index (κ2) is 7.52. The van der Waals surface area contributed by atoms with Crippen LogP contribution in [0.2, 0.25) is 0 Å². The van der Waals surface area contributed by atoms with Crippen molar-refractivity contribution >= 4 is 39.1 Å². The van der Waals surface area contributed by atoms with Gasteiger partial charge in [0.15, 0.2) is 0 Å². The Morgan fingerprint density at radius 3 is 2.77 bits per heavy atom. The predicted octanol–water partition coefficient (Wildman–Crippen LogP) is 0.733. The maximum absolute atomic E-state index is 12.1. The molecule has 8 nitrogen and oxygen atoms in total. The molecule has 26 heavy (non-hydrogen) atoms. The van der Waals surface area contributed by atoms with Gasteiger partial charge in [-0.25, -0.2) is 4.98 Å². The van der Waals surface area contributed by atoms with Crippen LogP contribution in [0.4, 0.5) is 5.95 Å². The zero-order chi connectivity index (χ0) is 18.7. The van der Waals surface area contributed by atoms with Gasteiger partial charge in [-0.3, -0.25) is 19.6 Å². The van der Waals surface area contributed by atoms with Crippen LogP contribution in [-0.2, 0) is 4.79 Å². The van der Waals surface area contributed by atoms with Crippen molar-refractivity contribution in [1.29, 1.82) is 0 Å². The number of aliphatic imine (C=N–C) groups is 1. The quantitative estimate of drug-likeness (QED) is 0.594. The minimum absolute atomic E-state index is 0.104. The number of carbonyl (C=O) groups is 1. The van der Waals surface area contributed by atoms with Gasteiger partial charge in [0.05, 0.1) is 5.52 Å². The van der Waals surface area contributed by atoms with Crippen molar-refractivity contribution in [3.63, 3.8) is 0 Å². The summed E-state index contributed by atoms with van der Waals surface area (Å²) in [6.07, 6.45) is 3.31. The molecule has 3 N–H and O–H groups in total. The second-order valence-electron chi connectivity index (χ2n) is 5.80. The van der Waals surface area contributed by atoms with E-state index in [1.807, 2.05) is 16.3 Å². The molecule has 0 radical (unpaired) electrons. The molecule has 1 aliphatic rings. The fourth-order valence-electron chi connectivity index (χ4n) is 2.76. The van der Waals surface area contributed by atoms with E-state index < -0.39 is 5.91 Å². The Balaban J connectivity index is 1.65. The van der Waals surface area contributed by atoms with E-state index in [9.17, 15) is 9.59 Å². The first-order chi connectivity index (χ1) is 12.5. The van der Waals surface area contributed by atoms with Gasteiger partial charge in [-0.2, -0.15) is 0 Å². The highest BCUT2D eigenvalue weighted by Crippen LogP contribution is 2.18. The minimum atomic E-state index is -0.569. The van der Waals surface area contributed by atoms with Gasteiger partial charge in [0.2, 0.25) is 5.95 Å². The van der Waals surface area contributed by atoms with Gasteiger partial charge >= 0.3 is 0 Å². The minimum Gasteiger partial charge on any atom is -0.368 e. The number of hydrogen-bond donors (Lipinski definition) is 2. The Hall–Kier alpha value is -2.94. The summed E-state index contributed by atoms with van der Waals surface area (Å²) in [4.78, 5) is 38.7. The van der Waals surface area contributed by atoms with E-state index in [-0.39, 0.29) is 11.3 Å². The summed E-state index contributed by atoms with van der Waals surface area (Å²) in [6.45, 7) is 6.89. The smallest absolute Gasteiger partial charge is 0.270 e. The molecule has 0 spiro atoms. The van der Waals surface area contributed by atoms with Gasteiger partial charge in [-0.1, -0.05) is 6.58 Å². The summed E-state index contributed by atoms with van der Waals surface area (Å²) in [5.74, 6) is 0.0241. The molecule has 1 aliphatic heterocycles. The van der Waals surface area contributed by atoms with E-state index in [4.69, 9.17) is 5.73 Å². The summed E-state index contributed by atoms with van der Waals surface area (Å²) in [7, 11) is 1.52. The molecule has 0 saturated carbocycles. The first-order valence-electron chi connectivity index (χ1n) is 8.10. The predicted molar refractivity (Wildman–Crippen MR) is 105 cm³/mol. The van der Waals surface area contributed by atoms with E-state index in [1.165, 1.54) is 18.4 Å². The van der Waals surface area contributed by atoms with E-state index in [0.29, 0.717) is 23.7 Å². The summed E-state index contributed by atoms with van der Waals surface area (Å²) in [5, 5.41) is 1.87. The number of allylic oxidation sites excluding steroid dienone is 1. The number of rotatable bonds is 5. The molecule has 2 aromatic heterocycles. The first-order valence-corrected chi connectivity index (χ1v) is 8.98. The molecular weight excluding hydrogens is 352 g/mol. The Labute approximate surface area is 154 Å². The largest absolute Gasteiger partial charge is 0.368 e. The number of hydrogen-bond acceptors (Lipinski definition) is 7. The fraction of sp³-hybridized carbons (Fsp3) is 0.294. The van der Waals surface area contributed by atoms with Crippen LogP contribution >= 0.6 is 11.3 Å². The van der Waals surface area contributed by atoms with Gasteiger partial charge in [-0.15, -0.1) is 11.3 Å². The van der Waals surface area contributed by atoms with E-state index in [0.717, 1.165) is 24.3 Å². The van der Waals surface area contributed by atoms with Gasteiger partial charge < -0.3 is 15.5 Å². The number of H-pyrrole nitrogens is 1. The maximum atomic E-state index is 12.1. The molecule has 3 rings (SSSR count). The molecule has 136 valence electrons. The Kier molecular flexibility index (Phi) is 5.17. The SMILES string of the molecule is C=C(/C=C\C(=NC)C(N)=O)N1CCN(c2nc3ccsc3c(=O)[nH]2)CC1. The molecule has 1 saturated heterocycles. The van der Waals surface area contributed by atoms with Crippen molar-refractivity contribution in [2.75, 3.05) is 38.1 Å². The molecule has 0 bridgehead atoms. The average Bonchev–Trinajstić information content (AvgIpc) is 3.11. The third-order valence-electron chi connectivity index (χ3n) is 4.21. The Bertz CT molecular complexity index is 950. The maximum Gasteiger partial charge on any atom is 0.270 e. The van der Waals surface area contributed by atoms with Gasteiger partial charge in [0, 0.05) is 38.9 Å². The average molecular weight is 372 g/mol. The van der Waals surface area contributed by atoms with E-state index in [1.54, 1.807) is 12.2 Å². The lowest BCUT2D eigenvalue weighted by Gasteiger charge is -2.36. The van der Waals surface area contributed by atoms with E-state index >= 15 is 0 Å². The second-order valence-corrected chi connectivity index (χ2v) is 6.71. The number of nitrogens with zero attached hydrogens (tertiary/aromatic N) is 4. The number of aromatic nitrogens is 2. The van der Waals surface area contributed by atoms with Crippen molar-refractivity contribution < 1.29 is 4.79 Å². The van der Waals surface area contributed by atoms with Crippen LogP contribution in [0.25, 0.3) is 10.2 Å². The lowest BCUT2D eigenvalue weighted by Crippen LogP contribution is -2.46. The summed E-state index contributed by atoms with van der Waals surface area (Å²) < 4.78 is 0.647. The van der Waals surface area contributed by atoms with Crippen molar-refractivity contribution in [2.24, 2.45) is 10.7 Å². The van der Waals surface area contributed by atoms with Crippen LogP contribution in [0.1, 0.15) is 0 Å². The number of amides is 1. The zero-order valence-corrected chi connectivity index (χ0v) is 15.3. The number of fused-ring (bicyclic) bond motifs is 1. The molecule has 0 atom stereocenters. The molecule has 0 unspecified atom stereocenters. The molecular formula is C17H20N6O2S. The lowest BCUT2D eigenvalue weighted by molar-refractivity contribution is -0.111. The highest BCUT2D eigenvalue weighted by atomic mass is 32.1. The molecule has 0 aliphatic carbocycles. The summed E-state index contributed by atoms with van der Waals surface area (Å²) in [6, 6.07) is 1.85. The Morgan fingerprint density at radius 2 is 2.12 bits per heavy atom. The highest BCUT2D eigenvalue weighted by Gasteiger charge is 2.20. The molecule has 3 heterocycles. The summed E-state index contributed by atoms with van der Waals surface area (Å²) in [5.41, 5.74) is 6.84. The van der Waals surface area contributed by atoms with E-state index in [2.05, 4.69) is 26.4 Å². The van der Waals surface area contributed by atoms with Crippen molar-refractivity contribution in [2.45, 2.75) is 0 Å². The monoisotopic (exact) mass is 372 g/mol. The van der Waals surface area contributed by atoms with Crippen LogP contribution in [0, 0.1) is 0 Å². The van der Waals surface area contributed by atoms with Crippen LogP contribution in [0.5, 0.6) is 0 Å². The topological polar surface area (TPSA) is 108 Å². The van der Waals surface area contributed by atoms with Crippen LogP contribution in [0.15, 0.2) is 45.7 Å². The number of anilines is 1. The van der Waals surface area contributed by atoms with Crippen LogP contribution in [0.3, 0.4) is 0 Å². The van der Waals surface area contributed by atoms with Crippen LogP contribution < -0.4 is 16.2 Å². The molecule has 0 aromatic carbocycles. The highest BCUT2D eigenvalue weighted by molar-refractivity contribution is 7.17.